The van der Waals surface area contributed by atoms with Gasteiger partial charge in [0.15, 0.2) is 0 Å². The van der Waals surface area contributed by atoms with Gasteiger partial charge in [0, 0.05) is 11.8 Å². The van der Waals surface area contributed by atoms with Crippen LogP contribution >= 0.6 is 15.9 Å². The van der Waals surface area contributed by atoms with Crippen molar-refractivity contribution in [3.63, 3.8) is 0 Å². The molecule has 0 aliphatic rings. The lowest BCUT2D eigenvalue weighted by Gasteiger charge is -2.05. The van der Waals surface area contributed by atoms with E-state index < -0.39 is 0 Å². The molecular formula is C20H15BrN4O2. The molecule has 0 unspecified atom stereocenters. The molecule has 7 heteroatoms. The SMILES string of the molecule is COc1ccc(-c2ccccc2)c2nc(NC(=O)c3ccc(Br)nc3)[nH]c12. The van der Waals surface area contributed by atoms with Crippen LogP contribution in [0.15, 0.2) is 65.4 Å². The number of carbonyl (C=O) groups is 1. The summed E-state index contributed by atoms with van der Waals surface area (Å²) in [5, 5.41) is 2.78. The summed E-state index contributed by atoms with van der Waals surface area (Å²) >= 11 is 3.26. The molecule has 0 bridgehead atoms. The second-order valence-corrected chi connectivity index (χ2v) is 6.63. The third kappa shape index (κ3) is 3.41. The second kappa shape index (κ2) is 7.20. The number of rotatable bonds is 4. The standard InChI is InChI=1S/C20H15BrN4O2/c1-27-15-9-8-14(12-5-3-2-4-6-12)17-18(15)24-20(23-17)25-19(26)13-7-10-16(21)22-11-13/h2-11H,1H3,(H2,23,24,25,26). The molecule has 6 nitrogen and oxygen atoms in total. The molecule has 0 aliphatic carbocycles. The number of H-pyrrole nitrogens is 1. The molecule has 0 aliphatic heterocycles. The number of methoxy groups -OCH3 is 1. The van der Waals surface area contributed by atoms with Crippen LogP contribution in [0.4, 0.5) is 5.95 Å². The lowest BCUT2D eigenvalue weighted by atomic mass is 10.0. The highest BCUT2D eigenvalue weighted by molar-refractivity contribution is 9.10. The maximum atomic E-state index is 12.5. The van der Waals surface area contributed by atoms with E-state index in [0.29, 0.717) is 21.9 Å². The Morgan fingerprint density at radius 1 is 1.11 bits per heavy atom. The second-order valence-electron chi connectivity index (χ2n) is 5.81. The van der Waals surface area contributed by atoms with E-state index in [1.807, 2.05) is 42.5 Å². The van der Waals surface area contributed by atoms with Crippen molar-refractivity contribution in [1.82, 2.24) is 15.0 Å². The van der Waals surface area contributed by atoms with Crippen LogP contribution in [-0.4, -0.2) is 28.0 Å². The normalized spacial score (nSPS) is 10.7. The van der Waals surface area contributed by atoms with E-state index in [2.05, 4.69) is 36.2 Å². The van der Waals surface area contributed by atoms with Gasteiger partial charge < -0.3 is 9.72 Å². The quantitative estimate of drug-likeness (QED) is 0.469. The first-order valence-corrected chi connectivity index (χ1v) is 9.00. The lowest BCUT2D eigenvalue weighted by molar-refractivity contribution is 0.102. The summed E-state index contributed by atoms with van der Waals surface area (Å²) in [6, 6.07) is 17.2. The minimum Gasteiger partial charge on any atom is -0.494 e. The molecule has 4 rings (SSSR count). The maximum Gasteiger partial charge on any atom is 0.259 e. The van der Waals surface area contributed by atoms with Gasteiger partial charge in [0.05, 0.1) is 12.7 Å². The number of ether oxygens (including phenoxy) is 1. The van der Waals surface area contributed by atoms with Gasteiger partial charge in [-0.1, -0.05) is 30.3 Å². The van der Waals surface area contributed by atoms with Crippen LogP contribution in [0.25, 0.3) is 22.2 Å². The van der Waals surface area contributed by atoms with E-state index >= 15 is 0 Å². The van der Waals surface area contributed by atoms with E-state index in [4.69, 9.17) is 4.74 Å². The highest BCUT2D eigenvalue weighted by Crippen LogP contribution is 2.33. The summed E-state index contributed by atoms with van der Waals surface area (Å²) < 4.78 is 6.10. The van der Waals surface area contributed by atoms with Crippen molar-refractivity contribution < 1.29 is 9.53 Å². The first-order chi connectivity index (χ1) is 13.2. The number of benzene rings is 2. The molecule has 0 fully saturated rings. The number of aromatic nitrogens is 3. The number of aromatic amines is 1. The summed E-state index contributed by atoms with van der Waals surface area (Å²) in [6.45, 7) is 0. The summed E-state index contributed by atoms with van der Waals surface area (Å²) in [7, 11) is 1.60. The number of nitrogens with zero attached hydrogens (tertiary/aromatic N) is 2. The van der Waals surface area contributed by atoms with Crippen LogP contribution in [0.3, 0.4) is 0 Å². The summed E-state index contributed by atoms with van der Waals surface area (Å²) in [5.74, 6) is 0.705. The van der Waals surface area contributed by atoms with Crippen molar-refractivity contribution in [2.45, 2.75) is 0 Å². The average Bonchev–Trinajstić information content (AvgIpc) is 3.11. The Bertz CT molecular complexity index is 1110. The van der Waals surface area contributed by atoms with Crippen molar-refractivity contribution in [3.05, 3.63) is 71.0 Å². The minimum atomic E-state index is -0.297. The molecule has 0 saturated carbocycles. The average molecular weight is 423 g/mol. The van der Waals surface area contributed by atoms with Gasteiger partial charge in [-0.15, -0.1) is 0 Å². The third-order valence-electron chi connectivity index (χ3n) is 4.13. The molecule has 134 valence electrons. The van der Waals surface area contributed by atoms with Crippen LogP contribution in [0.1, 0.15) is 10.4 Å². The van der Waals surface area contributed by atoms with E-state index in [0.717, 1.165) is 22.2 Å². The fourth-order valence-corrected chi connectivity index (χ4v) is 3.07. The lowest BCUT2D eigenvalue weighted by Crippen LogP contribution is -2.13. The molecule has 4 aromatic rings. The number of nitrogens with one attached hydrogen (secondary N) is 2. The molecule has 2 aromatic carbocycles. The minimum absolute atomic E-state index is 0.297. The van der Waals surface area contributed by atoms with Gasteiger partial charge in [0.1, 0.15) is 21.4 Å². The number of imidazole rings is 1. The van der Waals surface area contributed by atoms with Crippen molar-refractivity contribution in [2.75, 3.05) is 12.4 Å². The molecular weight excluding hydrogens is 408 g/mol. The molecule has 0 atom stereocenters. The number of fused-ring (bicyclic) bond motifs is 1. The van der Waals surface area contributed by atoms with Gasteiger partial charge in [-0.2, -0.15) is 0 Å². The highest BCUT2D eigenvalue weighted by Gasteiger charge is 2.15. The van der Waals surface area contributed by atoms with E-state index in [1.54, 1.807) is 19.2 Å². The Kier molecular flexibility index (Phi) is 4.60. The van der Waals surface area contributed by atoms with Crippen LogP contribution in [0.2, 0.25) is 0 Å². The highest BCUT2D eigenvalue weighted by atomic mass is 79.9. The van der Waals surface area contributed by atoms with Gasteiger partial charge in [-0.3, -0.25) is 10.1 Å². The van der Waals surface area contributed by atoms with Gasteiger partial charge in [0.2, 0.25) is 5.95 Å². The fraction of sp³-hybridized carbons (Fsp3) is 0.0500. The van der Waals surface area contributed by atoms with Gasteiger partial charge >= 0.3 is 0 Å². The first kappa shape index (κ1) is 17.2. The number of hydrogen-bond acceptors (Lipinski definition) is 4. The predicted molar refractivity (Wildman–Crippen MR) is 108 cm³/mol. The Balaban J connectivity index is 1.74. The zero-order chi connectivity index (χ0) is 18.8. The maximum absolute atomic E-state index is 12.5. The largest absolute Gasteiger partial charge is 0.494 e. The van der Waals surface area contributed by atoms with Crippen LogP contribution in [0, 0.1) is 0 Å². The summed E-state index contributed by atoms with van der Waals surface area (Å²) in [4.78, 5) is 24.2. The fourth-order valence-electron chi connectivity index (χ4n) is 2.84. The number of amides is 1. The number of hydrogen-bond donors (Lipinski definition) is 2. The summed E-state index contributed by atoms with van der Waals surface area (Å²) in [5.41, 5.74) is 3.88. The Labute approximate surface area is 163 Å². The number of anilines is 1. The summed E-state index contributed by atoms with van der Waals surface area (Å²) in [6.07, 6.45) is 1.50. The topological polar surface area (TPSA) is 79.9 Å². The smallest absolute Gasteiger partial charge is 0.259 e. The van der Waals surface area contributed by atoms with Crippen molar-refractivity contribution in [1.29, 1.82) is 0 Å². The molecule has 2 heterocycles. The Morgan fingerprint density at radius 2 is 1.93 bits per heavy atom. The van der Waals surface area contributed by atoms with E-state index in [9.17, 15) is 4.79 Å². The van der Waals surface area contributed by atoms with Crippen LogP contribution < -0.4 is 10.1 Å². The number of pyridine rings is 1. The molecule has 1 amide bonds. The van der Waals surface area contributed by atoms with Crippen LogP contribution in [0.5, 0.6) is 5.75 Å². The van der Waals surface area contributed by atoms with E-state index in [-0.39, 0.29) is 5.91 Å². The zero-order valence-electron chi connectivity index (χ0n) is 14.4. The van der Waals surface area contributed by atoms with Gasteiger partial charge in [0.25, 0.3) is 5.91 Å². The first-order valence-electron chi connectivity index (χ1n) is 8.21. The molecule has 0 saturated heterocycles. The number of carbonyl (C=O) groups excluding carboxylic acids is 1. The monoisotopic (exact) mass is 422 g/mol. The van der Waals surface area contributed by atoms with E-state index in [1.165, 1.54) is 6.20 Å². The predicted octanol–water partition coefficient (Wildman–Crippen LogP) is 4.65. The zero-order valence-corrected chi connectivity index (χ0v) is 15.9. The van der Waals surface area contributed by atoms with Crippen molar-refractivity contribution >= 4 is 38.8 Å². The molecule has 2 N–H and O–H groups in total. The van der Waals surface area contributed by atoms with Crippen LogP contribution in [-0.2, 0) is 0 Å². The Morgan fingerprint density at radius 3 is 2.63 bits per heavy atom. The van der Waals surface area contributed by atoms with Crippen molar-refractivity contribution in [2.24, 2.45) is 0 Å². The van der Waals surface area contributed by atoms with Gasteiger partial charge in [-0.25, -0.2) is 9.97 Å². The number of halogens is 1. The van der Waals surface area contributed by atoms with Crippen molar-refractivity contribution in [3.8, 4) is 16.9 Å². The molecule has 2 aromatic heterocycles. The Hall–Kier alpha value is -3.19. The molecule has 0 radical (unpaired) electrons. The third-order valence-corrected chi connectivity index (χ3v) is 4.60. The molecule has 27 heavy (non-hydrogen) atoms. The van der Waals surface area contributed by atoms with Gasteiger partial charge in [-0.05, 0) is 45.8 Å². The molecule has 0 spiro atoms.